The predicted molar refractivity (Wildman–Crippen MR) is 72.7 cm³/mol. The lowest BCUT2D eigenvalue weighted by Crippen LogP contribution is -2.53. The van der Waals surface area contributed by atoms with Crippen molar-refractivity contribution in [3.8, 4) is 0 Å². The monoisotopic (exact) mass is 312 g/mol. The van der Waals surface area contributed by atoms with Crippen LogP contribution in [0, 0.1) is 0 Å². The number of hydrogen-bond donors (Lipinski definition) is 2. The number of rotatable bonds is 6. The Kier molecular flexibility index (Phi) is 6.29. The highest BCUT2D eigenvalue weighted by molar-refractivity contribution is 6.68. The first kappa shape index (κ1) is 15.6. The number of furan rings is 1. The second-order valence-corrected chi connectivity index (χ2v) is 6.12. The molecule has 0 fully saturated rings. The van der Waals surface area contributed by atoms with E-state index in [1.807, 2.05) is 6.92 Å². The van der Waals surface area contributed by atoms with Crippen LogP contribution >= 0.6 is 34.8 Å². The maximum atomic E-state index is 11.5. The van der Waals surface area contributed by atoms with Gasteiger partial charge in [-0.15, -0.1) is 0 Å². The van der Waals surface area contributed by atoms with Gasteiger partial charge >= 0.3 is 0 Å². The van der Waals surface area contributed by atoms with Crippen molar-refractivity contribution in [3.63, 3.8) is 0 Å². The zero-order valence-corrected chi connectivity index (χ0v) is 12.1. The van der Waals surface area contributed by atoms with E-state index >= 15 is 0 Å². The van der Waals surface area contributed by atoms with Gasteiger partial charge in [0.1, 0.15) is 11.9 Å². The molecule has 0 aliphatic heterocycles. The van der Waals surface area contributed by atoms with Gasteiger partial charge in [0.05, 0.1) is 12.8 Å². The van der Waals surface area contributed by atoms with Crippen LogP contribution in [-0.4, -0.2) is 15.9 Å². The Morgan fingerprint density at radius 1 is 1.50 bits per heavy atom. The molecule has 1 heterocycles. The molecule has 1 atom stereocenters. The molecule has 2 N–H and O–H groups in total. The topological polar surface area (TPSA) is 54.3 Å². The minimum absolute atomic E-state index is 0.166. The number of hydrogen-bond acceptors (Lipinski definition) is 3. The van der Waals surface area contributed by atoms with Crippen LogP contribution in [0.3, 0.4) is 0 Å². The molecule has 1 aromatic heterocycles. The lowest BCUT2D eigenvalue weighted by molar-refractivity contribution is -0.122. The highest BCUT2D eigenvalue weighted by Crippen LogP contribution is 2.29. The zero-order valence-electron chi connectivity index (χ0n) is 9.88. The van der Waals surface area contributed by atoms with E-state index in [0.717, 1.165) is 6.42 Å². The molecule has 0 aromatic carbocycles. The van der Waals surface area contributed by atoms with Crippen LogP contribution in [0.5, 0.6) is 0 Å². The van der Waals surface area contributed by atoms with Gasteiger partial charge in [-0.1, -0.05) is 41.7 Å². The Morgan fingerprint density at radius 2 is 2.22 bits per heavy atom. The molecule has 4 nitrogen and oxygen atoms in total. The molecular formula is C11H15Cl3N2O2. The molecule has 0 radical (unpaired) electrons. The van der Waals surface area contributed by atoms with Crippen molar-refractivity contribution in [1.29, 1.82) is 0 Å². The molecule has 102 valence electrons. The minimum atomic E-state index is -1.63. The molecule has 1 rings (SSSR count). The molecule has 0 bridgehead atoms. The van der Waals surface area contributed by atoms with Crippen molar-refractivity contribution < 1.29 is 9.21 Å². The van der Waals surface area contributed by atoms with Crippen LogP contribution in [0.4, 0.5) is 0 Å². The fourth-order valence-electron chi connectivity index (χ4n) is 1.32. The maximum absolute atomic E-state index is 11.5. The third kappa shape index (κ3) is 5.48. The first-order valence-electron chi connectivity index (χ1n) is 5.55. The standard InChI is InChI=1S/C11H15Cl3N2O2/c1-2-4-9(17)16-10(11(12,13)14)15-7-8-5-3-6-18-8/h3,5-6,10,15H,2,4,7H2,1H3,(H,16,17). The Morgan fingerprint density at radius 3 is 2.72 bits per heavy atom. The quantitative estimate of drug-likeness (QED) is 0.627. The van der Waals surface area contributed by atoms with Crippen LogP contribution < -0.4 is 10.6 Å². The van der Waals surface area contributed by atoms with E-state index in [0.29, 0.717) is 18.7 Å². The smallest absolute Gasteiger partial charge is 0.223 e. The van der Waals surface area contributed by atoms with Gasteiger partial charge in [-0.3, -0.25) is 10.1 Å². The Bertz CT molecular complexity index is 363. The Balaban J connectivity index is 2.53. The Hall–Kier alpha value is -0.420. The van der Waals surface area contributed by atoms with Crippen LogP contribution in [0.25, 0.3) is 0 Å². The molecule has 0 aliphatic rings. The van der Waals surface area contributed by atoms with Gasteiger partial charge in [0.2, 0.25) is 9.70 Å². The highest BCUT2D eigenvalue weighted by Gasteiger charge is 2.33. The third-order valence-electron chi connectivity index (χ3n) is 2.17. The van der Waals surface area contributed by atoms with Gasteiger partial charge < -0.3 is 9.73 Å². The predicted octanol–water partition coefficient (Wildman–Crippen LogP) is 2.98. The minimum Gasteiger partial charge on any atom is -0.468 e. The lowest BCUT2D eigenvalue weighted by Gasteiger charge is -2.26. The number of halogens is 3. The first-order chi connectivity index (χ1) is 8.43. The maximum Gasteiger partial charge on any atom is 0.223 e. The summed E-state index contributed by atoms with van der Waals surface area (Å²) in [5.74, 6) is 0.528. The third-order valence-corrected chi connectivity index (χ3v) is 2.82. The summed E-state index contributed by atoms with van der Waals surface area (Å²) in [6.07, 6.45) is 1.90. The molecule has 1 unspecified atom stereocenters. The number of nitrogens with one attached hydrogen (secondary N) is 2. The summed E-state index contributed by atoms with van der Waals surface area (Å²) < 4.78 is 3.52. The van der Waals surface area contributed by atoms with E-state index in [1.54, 1.807) is 18.4 Å². The molecule has 0 spiro atoms. The van der Waals surface area contributed by atoms with Crippen LogP contribution in [-0.2, 0) is 11.3 Å². The van der Waals surface area contributed by atoms with E-state index in [4.69, 9.17) is 39.2 Å². The second-order valence-electron chi connectivity index (χ2n) is 3.75. The largest absolute Gasteiger partial charge is 0.468 e. The highest BCUT2D eigenvalue weighted by atomic mass is 35.6. The fraction of sp³-hybridized carbons (Fsp3) is 0.545. The van der Waals surface area contributed by atoms with Crippen molar-refractivity contribution in [1.82, 2.24) is 10.6 Å². The van der Waals surface area contributed by atoms with E-state index in [-0.39, 0.29) is 5.91 Å². The lowest BCUT2D eigenvalue weighted by atomic mass is 10.3. The first-order valence-corrected chi connectivity index (χ1v) is 6.68. The van der Waals surface area contributed by atoms with Crippen molar-refractivity contribution in [2.75, 3.05) is 0 Å². The van der Waals surface area contributed by atoms with Crippen LogP contribution in [0.2, 0.25) is 0 Å². The van der Waals surface area contributed by atoms with Gasteiger partial charge in [-0.2, -0.15) is 0 Å². The van der Waals surface area contributed by atoms with Crippen molar-refractivity contribution >= 4 is 40.7 Å². The second kappa shape index (κ2) is 7.24. The zero-order chi connectivity index (χ0) is 13.6. The van der Waals surface area contributed by atoms with E-state index in [9.17, 15) is 4.79 Å². The normalized spacial score (nSPS) is 13.3. The van der Waals surface area contributed by atoms with Gasteiger partial charge in [-0.05, 0) is 18.6 Å². The van der Waals surface area contributed by atoms with Crippen molar-refractivity contribution in [2.45, 2.75) is 36.3 Å². The van der Waals surface area contributed by atoms with Gasteiger partial charge in [0.15, 0.2) is 0 Å². The molecule has 1 aromatic rings. The molecule has 7 heteroatoms. The summed E-state index contributed by atoms with van der Waals surface area (Å²) in [6, 6.07) is 3.55. The summed E-state index contributed by atoms with van der Waals surface area (Å²) in [5.41, 5.74) is 0. The molecule has 0 saturated heterocycles. The molecular weight excluding hydrogens is 298 g/mol. The van der Waals surface area contributed by atoms with Crippen molar-refractivity contribution in [2.24, 2.45) is 0 Å². The van der Waals surface area contributed by atoms with E-state index in [2.05, 4.69) is 10.6 Å². The van der Waals surface area contributed by atoms with Crippen molar-refractivity contribution in [3.05, 3.63) is 24.2 Å². The van der Waals surface area contributed by atoms with Gasteiger partial charge in [0, 0.05) is 6.42 Å². The van der Waals surface area contributed by atoms with E-state index in [1.165, 1.54) is 0 Å². The average molecular weight is 314 g/mol. The Labute approximate surface area is 121 Å². The molecule has 0 saturated carbocycles. The van der Waals surface area contributed by atoms with E-state index < -0.39 is 9.96 Å². The van der Waals surface area contributed by atoms with Gasteiger partial charge in [-0.25, -0.2) is 0 Å². The van der Waals surface area contributed by atoms with Crippen LogP contribution in [0.1, 0.15) is 25.5 Å². The average Bonchev–Trinajstić information content (AvgIpc) is 2.75. The molecule has 18 heavy (non-hydrogen) atoms. The summed E-state index contributed by atoms with van der Waals surface area (Å²) in [5, 5.41) is 5.56. The number of carbonyl (C=O) groups excluding carboxylic acids is 1. The SMILES string of the molecule is CCCC(=O)NC(NCc1ccco1)C(Cl)(Cl)Cl. The molecule has 0 aliphatic carbocycles. The summed E-state index contributed by atoms with van der Waals surface area (Å²) in [4.78, 5) is 11.5. The summed E-state index contributed by atoms with van der Waals surface area (Å²) in [7, 11) is 0. The number of amides is 1. The summed E-state index contributed by atoms with van der Waals surface area (Å²) >= 11 is 17.4. The fourth-order valence-corrected chi connectivity index (χ4v) is 1.72. The molecule has 1 amide bonds. The van der Waals surface area contributed by atoms with Gasteiger partial charge in [0.25, 0.3) is 0 Å². The number of alkyl halides is 3. The number of carbonyl (C=O) groups is 1. The van der Waals surface area contributed by atoms with Crippen LogP contribution in [0.15, 0.2) is 22.8 Å². The summed E-state index contributed by atoms with van der Waals surface area (Å²) in [6.45, 7) is 2.26.